The maximum atomic E-state index is 12.8. The number of amides is 1. The van der Waals surface area contributed by atoms with Gasteiger partial charge in [0, 0.05) is 44.0 Å². The second kappa shape index (κ2) is 6.43. The third-order valence-corrected chi connectivity index (χ3v) is 4.34. The van der Waals surface area contributed by atoms with Gasteiger partial charge in [-0.3, -0.25) is 4.79 Å². The number of hydrogen-bond donors (Lipinski definition) is 0. The molecule has 1 aliphatic heterocycles. The number of methoxy groups -OCH3 is 1. The molecule has 1 fully saturated rings. The van der Waals surface area contributed by atoms with Crippen molar-refractivity contribution in [1.82, 2.24) is 14.9 Å². The van der Waals surface area contributed by atoms with Crippen molar-refractivity contribution in [2.45, 2.75) is 0 Å². The quantitative estimate of drug-likeness (QED) is 0.729. The first-order valence-electron chi connectivity index (χ1n) is 8.14. The zero-order valence-corrected chi connectivity index (χ0v) is 13.9. The second-order valence-electron chi connectivity index (χ2n) is 5.82. The molecule has 1 aliphatic rings. The number of aromatic nitrogens is 2. The van der Waals surface area contributed by atoms with E-state index in [0.717, 1.165) is 5.39 Å². The Kier molecular flexibility index (Phi) is 3.97. The highest BCUT2D eigenvalue weighted by molar-refractivity contribution is 5.97. The van der Waals surface area contributed by atoms with Gasteiger partial charge in [0.1, 0.15) is 0 Å². The Labute approximate surface area is 144 Å². The molecule has 0 spiro atoms. The number of furan rings is 1. The Morgan fingerprint density at radius 1 is 1.12 bits per heavy atom. The topological polar surface area (TPSA) is 71.7 Å². The molecule has 4 rings (SSSR count). The van der Waals surface area contributed by atoms with E-state index in [-0.39, 0.29) is 5.91 Å². The minimum absolute atomic E-state index is 0.105. The fourth-order valence-corrected chi connectivity index (χ4v) is 3.02. The Morgan fingerprint density at radius 3 is 2.60 bits per heavy atom. The number of rotatable bonds is 3. The van der Waals surface area contributed by atoms with E-state index >= 15 is 0 Å². The van der Waals surface area contributed by atoms with Crippen LogP contribution in [0.5, 0.6) is 5.75 Å². The van der Waals surface area contributed by atoms with Gasteiger partial charge in [0.15, 0.2) is 17.1 Å². The fraction of sp³-hybridized carbons (Fsp3) is 0.278. The summed E-state index contributed by atoms with van der Waals surface area (Å²) in [5.74, 6) is 1.56. The van der Waals surface area contributed by atoms with Crippen LogP contribution < -0.4 is 9.64 Å². The van der Waals surface area contributed by atoms with Crippen molar-refractivity contribution in [1.29, 1.82) is 0 Å². The number of fused-ring (bicyclic) bond motifs is 1. The minimum atomic E-state index is -0.105. The normalized spacial score (nSPS) is 14.8. The summed E-state index contributed by atoms with van der Waals surface area (Å²) >= 11 is 0. The average molecular weight is 338 g/mol. The Balaban J connectivity index is 1.49. The van der Waals surface area contributed by atoms with Gasteiger partial charge in [-0.25, -0.2) is 9.97 Å². The van der Waals surface area contributed by atoms with Gasteiger partial charge >= 0.3 is 0 Å². The van der Waals surface area contributed by atoms with Crippen LogP contribution in [0.15, 0.2) is 47.1 Å². The first-order chi connectivity index (χ1) is 12.3. The summed E-state index contributed by atoms with van der Waals surface area (Å²) in [4.78, 5) is 25.1. The molecular weight excluding hydrogens is 320 g/mol. The summed E-state index contributed by atoms with van der Waals surface area (Å²) in [5.41, 5.74) is 0.602. The first kappa shape index (κ1) is 15.4. The van der Waals surface area contributed by atoms with E-state index in [1.54, 1.807) is 36.5 Å². The van der Waals surface area contributed by atoms with Crippen molar-refractivity contribution in [2.75, 3.05) is 38.2 Å². The predicted molar refractivity (Wildman–Crippen MR) is 92.9 cm³/mol. The summed E-state index contributed by atoms with van der Waals surface area (Å²) in [6, 6.07) is 9.16. The summed E-state index contributed by atoms with van der Waals surface area (Å²) in [7, 11) is 1.59. The number of para-hydroxylation sites is 1. The number of hydrogen-bond acceptors (Lipinski definition) is 6. The van der Waals surface area contributed by atoms with Gasteiger partial charge in [-0.05, 0) is 18.2 Å². The van der Waals surface area contributed by atoms with Crippen LogP contribution in [0.4, 0.5) is 5.95 Å². The zero-order chi connectivity index (χ0) is 17.2. The molecule has 128 valence electrons. The summed E-state index contributed by atoms with van der Waals surface area (Å²) in [6.45, 7) is 2.59. The smallest absolute Gasteiger partial charge is 0.289 e. The van der Waals surface area contributed by atoms with E-state index in [2.05, 4.69) is 14.9 Å². The van der Waals surface area contributed by atoms with Crippen molar-refractivity contribution in [3.05, 3.63) is 48.5 Å². The molecule has 1 aromatic carbocycles. The van der Waals surface area contributed by atoms with Gasteiger partial charge in [-0.1, -0.05) is 12.1 Å². The van der Waals surface area contributed by atoms with Gasteiger partial charge in [0.25, 0.3) is 5.91 Å². The van der Waals surface area contributed by atoms with E-state index in [1.807, 2.05) is 18.2 Å². The molecule has 0 radical (unpaired) electrons. The van der Waals surface area contributed by atoms with Crippen molar-refractivity contribution in [3.63, 3.8) is 0 Å². The van der Waals surface area contributed by atoms with Crippen molar-refractivity contribution >= 4 is 22.8 Å². The van der Waals surface area contributed by atoms with Gasteiger partial charge in [-0.15, -0.1) is 0 Å². The van der Waals surface area contributed by atoms with Crippen LogP contribution in [0.25, 0.3) is 11.0 Å². The number of ether oxygens (including phenoxy) is 1. The molecular formula is C18H18N4O3. The molecule has 0 atom stereocenters. The van der Waals surface area contributed by atoms with E-state index in [1.165, 1.54) is 0 Å². The fourth-order valence-electron chi connectivity index (χ4n) is 3.02. The highest BCUT2D eigenvalue weighted by Gasteiger charge is 2.26. The van der Waals surface area contributed by atoms with E-state index < -0.39 is 0 Å². The maximum absolute atomic E-state index is 12.8. The minimum Gasteiger partial charge on any atom is -0.493 e. The number of piperazine rings is 1. The lowest BCUT2D eigenvalue weighted by molar-refractivity contribution is 0.0716. The molecule has 0 aliphatic carbocycles. The van der Waals surface area contributed by atoms with Crippen LogP contribution in [0.2, 0.25) is 0 Å². The Hall–Kier alpha value is -3.09. The average Bonchev–Trinajstić information content (AvgIpc) is 3.12. The Bertz CT molecular complexity index is 886. The molecule has 7 nitrogen and oxygen atoms in total. The highest BCUT2D eigenvalue weighted by Crippen LogP contribution is 2.29. The number of benzene rings is 1. The maximum Gasteiger partial charge on any atom is 0.289 e. The SMILES string of the molecule is COc1cccc2cc(C(=O)N3CCN(c4ncccn4)CC3)oc12. The molecule has 3 aromatic rings. The molecule has 1 amide bonds. The van der Waals surface area contributed by atoms with Gasteiger partial charge in [0.05, 0.1) is 7.11 Å². The van der Waals surface area contributed by atoms with E-state index in [9.17, 15) is 4.79 Å². The number of anilines is 1. The lowest BCUT2D eigenvalue weighted by atomic mass is 10.2. The van der Waals surface area contributed by atoms with Crippen LogP contribution in [0.1, 0.15) is 10.6 Å². The largest absolute Gasteiger partial charge is 0.493 e. The van der Waals surface area contributed by atoms with Gasteiger partial charge in [-0.2, -0.15) is 0 Å². The van der Waals surface area contributed by atoms with Gasteiger partial charge in [0.2, 0.25) is 5.95 Å². The second-order valence-corrected chi connectivity index (χ2v) is 5.82. The monoisotopic (exact) mass is 338 g/mol. The van der Waals surface area contributed by atoms with E-state index in [4.69, 9.17) is 9.15 Å². The molecule has 0 saturated carbocycles. The third kappa shape index (κ3) is 2.88. The van der Waals surface area contributed by atoms with Crippen molar-refractivity contribution in [2.24, 2.45) is 0 Å². The first-order valence-corrected chi connectivity index (χ1v) is 8.14. The summed E-state index contributed by atoms with van der Waals surface area (Å²) < 4.78 is 11.1. The zero-order valence-electron chi connectivity index (χ0n) is 13.9. The molecule has 2 aromatic heterocycles. The number of nitrogens with zero attached hydrogens (tertiary/aromatic N) is 4. The van der Waals surface area contributed by atoms with Crippen LogP contribution in [0.3, 0.4) is 0 Å². The molecule has 0 N–H and O–H groups in total. The predicted octanol–water partition coefficient (Wildman–Crippen LogP) is 2.19. The summed E-state index contributed by atoms with van der Waals surface area (Å²) in [6.07, 6.45) is 3.45. The number of carbonyl (C=O) groups excluding carboxylic acids is 1. The van der Waals surface area contributed by atoms with Crippen molar-refractivity contribution < 1.29 is 13.9 Å². The van der Waals surface area contributed by atoms with Crippen LogP contribution >= 0.6 is 0 Å². The summed E-state index contributed by atoms with van der Waals surface area (Å²) in [5, 5.41) is 0.860. The number of carbonyl (C=O) groups is 1. The standard InChI is InChI=1S/C18H18N4O3/c1-24-14-5-2-4-13-12-15(25-16(13)14)17(23)21-8-10-22(11-9-21)18-19-6-3-7-20-18/h2-7,12H,8-11H2,1H3. The Morgan fingerprint density at radius 2 is 1.88 bits per heavy atom. The van der Waals surface area contributed by atoms with Crippen LogP contribution in [0, 0.1) is 0 Å². The van der Waals surface area contributed by atoms with Crippen LogP contribution in [-0.2, 0) is 0 Å². The molecule has 1 saturated heterocycles. The van der Waals surface area contributed by atoms with E-state index in [0.29, 0.717) is 49.2 Å². The molecule has 0 unspecified atom stereocenters. The molecule has 25 heavy (non-hydrogen) atoms. The molecule has 3 heterocycles. The van der Waals surface area contributed by atoms with Gasteiger partial charge < -0.3 is 19.0 Å². The molecule has 7 heteroatoms. The lowest BCUT2D eigenvalue weighted by Gasteiger charge is -2.34. The third-order valence-electron chi connectivity index (χ3n) is 4.34. The van der Waals surface area contributed by atoms with Crippen molar-refractivity contribution in [3.8, 4) is 5.75 Å². The highest BCUT2D eigenvalue weighted by atomic mass is 16.5. The van der Waals surface area contributed by atoms with Crippen LogP contribution in [-0.4, -0.2) is 54.1 Å². The lowest BCUT2D eigenvalue weighted by Crippen LogP contribution is -2.49. The molecule has 0 bridgehead atoms.